The first kappa shape index (κ1) is 11.1. The second-order valence-electron chi connectivity index (χ2n) is 4.71. The smallest absolute Gasteiger partial charge is 0.116 e. The van der Waals surface area contributed by atoms with Crippen molar-refractivity contribution in [2.75, 3.05) is 0 Å². The van der Waals surface area contributed by atoms with Crippen LogP contribution in [0.15, 0.2) is 24.4 Å². The molecule has 0 aromatic carbocycles. The monoisotopic (exact) mass is 217 g/mol. The zero-order valence-corrected chi connectivity index (χ0v) is 10.1. The molecular weight excluding hydrogens is 198 g/mol. The second kappa shape index (κ2) is 4.26. The van der Waals surface area contributed by atoms with E-state index in [-0.39, 0.29) is 6.04 Å². The lowest BCUT2D eigenvalue weighted by molar-refractivity contribution is 0.717. The molecule has 2 N–H and O–H groups in total. The SMILES string of the molecule is CC(N)Cc1nc(C(C)C)n2ccccc12. The van der Waals surface area contributed by atoms with Gasteiger partial charge in [0.2, 0.25) is 0 Å². The van der Waals surface area contributed by atoms with E-state index in [1.165, 1.54) is 5.52 Å². The Kier molecular flexibility index (Phi) is 2.97. The zero-order valence-electron chi connectivity index (χ0n) is 10.1. The minimum atomic E-state index is 0.152. The van der Waals surface area contributed by atoms with E-state index in [4.69, 9.17) is 10.7 Å². The maximum absolute atomic E-state index is 5.85. The van der Waals surface area contributed by atoms with Crippen molar-refractivity contribution in [2.24, 2.45) is 5.73 Å². The van der Waals surface area contributed by atoms with Crippen molar-refractivity contribution in [3.63, 3.8) is 0 Å². The third-order valence-corrected chi connectivity index (χ3v) is 2.68. The molecule has 0 saturated carbocycles. The van der Waals surface area contributed by atoms with E-state index < -0.39 is 0 Å². The molecule has 16 heavy (non-hydrogen) atoms. The van der Waals surface area contributed by atoms with Gasteiger partial charge in [0.15, 0.2) is 0 Å². The van der Waals surface area contributed by atoms with Gasteiger partial charge in [-0.3, -0.25) is 0 Å². The van der Waals surface area contributed by atoms with Gasteiger partial charge in [-0.05, 0) is 19.1 Å². The Balaban J connectivity index is 2.57. The van der Waals surface area contributed by atoms with Crippen LogP contribution in [0.5, 0.6) is 0 Å². The van der Waals surface area contributed by atoms with E-state index in [9.17, 15) is 0 Å². The normalized spacial score (nSPS) is 13.6. The van der Waals surface area contributed by atoms with Gasteiger partial charge in [0.1, 0.15) is 5.82 Å². The number of imidazole rings is 1. The van der Waals surface area contributed by atoms with Crippen LogP contribution in [0.25, 0.3) is 5.52 Å². The Morgan fingerprint density at radius 1 is 1.31 bits per heavy atom. The van der Waals surface area contributed by atoms with Crippen LogP contribution in [0.3, 0.4) is 0 Å². The van der Waals surface area contributed by atoms with Crippen molar-refractivity contribution >= 4 is 5.52 Å². The van der Waals surface area contributed by atoms with Gasteiger partial charge >= 0.3 is 0 Å². The first-order valence-electron chi connectivity index (χ1n) is 5.81. The third-order valence-electron chi connectivity index (χ3n) is 2.68. The Hall–Kier alpha value is -1.35. The van der Waals surface area contributed by atoms with Crippen LogP contribution < -0.4 is 5.73 Å². The summed E-state index contributed by atoms with van der Waals surface area (Å²) in [4.78, 5) is 4.71. The average Bonchev–Trinajstić information content (AvgIpc) is 2.57. The summed E-state index contributed by atoms with van der Waals surface area (Å²) in [5.41, 5.74) is 8.15. The first-order chi connectivity index (χ1) is 7.59. The summed E-state index contributed by atoms with van der Waals surface area (Å²) in [5.74, 6) is 1.54. The summed E-state index contributed by atoms with van der Waals surface area (Å²) in [7, 11) is 0. The molecule has 0 saturated heterocycles. The highest BCUT2D eigenvalue weighted by molar-refractivity contribution is 5.53. The number of rotatable bonds is 3. The van der Waals surface area contributed by atoms with Crippen molar-refractivity contribution in [3.8, 4) is 0 Å². The number of aromatic nitrogens is 2. The molecule has 3 nitrogen and oxygen atoms in total. The average molecular weight is 217 g/mol. The van der Waals surface area contributed by atoms with Crippen LogP contribution in [-0.4, -0.2) is 15.4 Å². The Morgan fingerprint density at radius 3 is 2.69 bits per heavy atom. The van der Waals surface area contributed by atoms with Gasteiger partial charge in [-0.1, -0.05) is 19.9 Å². The molecule has 0 amide bonds. The van der Waals surface area contributed by atoms with Crippen LogP contribution in [0, 0.1) is 0 Å². The maximum Gasteiger partial charge on any atom is 0.116 e. The highest BCUT2D eigenvalue weighted by Crippen LogP contribution is 2.20. The summed E-state index contributed by atoms with van der Waals surface area (Å²) in [6.45, 7) is 6.35. The molecule has 1 unspecified atom stereocenters. The zero-order chi connectivity index (χ0) is 11.7. The lowest BCUT2D eigenvalue weighted by Gasteiger charge is -2.02. The number of hydrogen-bond acceptors (Lipinski definition) is 2. The van der Waals surface area contributed by atoms with E-state index >= 15 is 0 Å². The summed E-state index contributed by atoms with van der Waals surface area (Å²) in [6, 6.07) is 6.34. The van der Waals surface area contributed by atoms with E-state index in [1.54, 1.807) is 0 Å². The summed E-state index contributed by atoms with van der Waals surface area (Å²) in [5, 5.41) is 0. The van der Waals surface area contributed by atoms with E-state index in [1.807, 2.05) is 19.1 Å². The fraction of sp³-hybridized carbons (Fsp3) is 0.462. The molecule has 86 valence electrons. The topological polar surface area (TPSA) is 43.3 Å². The van der Waals surface area contributed by atoms with Crippen LogP contribution in [0.2, 0.25) is 0 Å². The Labute approximate surface area is 96.3 Å². The van der Waals surface area contributed by atoms with Crippen LogP contribution >= 0.6 is 0 Å². The fourth-order valence-corrected chi connectivity index (χ4v) is 1.99. The molecule has 2 aromatic rings. The van der Waals surface area contributed by atoms with Crippen molar-refractivity contribution in [1.82, 2.24) is 9.38 Å². The molecule has 0 aliphatic rings. The highest BCUT2D eigenvalue weighted by Gasteiger charge is 2.13. The summed E-state index contributed by atoms with van der Waals surface area (Å²) in [6.07, 6.45) is 2.91. The van der Waals surface area contributed by atoms with Gasteiger partial charge in [0, 0.05) is 24.6 Å². The molecule has 0 spiro atoms. The minimum absolute atomic E-state index is 0.152. The summed E-state index contributed by atoms with van der Waals surface area (Å²) >= 11 is 0. The molecule has 1 atom stereocenters. The van der Waals surface area contributed by atoms with Crippen LogP contribution in [0.1, 0.15) is 38.2 Å². The number of pyridine rings is 1. The summed E-state index contributed by atoms with van der Waals surface area (Å²) < 4.78 is 2.17. The van der Waals surface area contributed by atoms with Gasteiger partial charge in [-0.25, -0.2) is 4.98 Å². The lowest BCUT2D eigenvalue weighted by atomic mass is 10.2. The highest BCUT2D eigenvalue weighted by atomic mass is 15.0. The molecule has 0 aliphatic heterocycles. The molecule has 2 rings (SSSR count). The molecular formula is C13H19N3. The van der Waals surface area contributed by atoms with Gasteiger partial charge in [-0.2, -0.15) is 0 Å². The number of nitrogens with two attached hydrogens (primary N) is 1. The van der Waals surface area contributed by atoms with Gasteiger partial charge in [-0.15, -0.1) is 0 Å². The first-order valence-corrected chi connectivity index (χ1v) is 5.81. The van der Waals surface area contributed by atoms with E-state index in [0.29, 0.717) is 5.92 Å². The van der Waals surface area contributed by atoms with Gasteiger partial charge in [0.05, 0.1) is 11.2 Å². The van der Waals surface area contributed by atoms with E-state index in [0.717, 1.165) is 17.9 Å². The van der Waals surface area contributed by atoms with Crippen LogP contribution in [0.4, 0.5) is 0 Å². The largest absolute Gasteiger partial charge is 0.328 e. The predicted octanol–water partition coefficient (Wildman–Crippen LogP) is 2.35. The van der Waals surface area contributed by atoms with E-state index in [2.05, 4.69) is 30.5 Å². The molecule has 0 bridgehead atoms. The number of nitrogens with zero attached hydrogens (tertiary/aromatic N) is 2. The Bertz CT molecular complexity index is 483. The molecule has 0 fully saturated rings. The molecule has 0 radical (unpaired) electrons. The fourth-order valence-electron chi connectivity index (χ4n) is 1.99. The lowest BCUT2D eigenvalue weighted by Crippen LogP contribution is -2.18. The molecule has 2 heterocycles. The molecule has 2 aromatic heterocycles. The minimum Gasteiger partial charge on any atom is -0.328 e. The van der Waals surface area contributed by atoms with Crippen molar-refractivity contribution in [3.05, 3.63) is 35.9 Å². The standard InChI is InChI=1S/C13H19N3/c1-9(2)13-15-11(8-10(3)14)12-6-4-5-7-16(12)13/h4-7,9-10H,8,14H2,1-3H3. The quantitative estimate of drug-likeness (QED) is 0.857. The molecule has 3 heteroatoms. The maximum atomic E-state index is 5.85. The van der Waals surface area contributed by atoms with Crippen molar-refractivity contribution in [1.29, 1.82) is 0 Å². The second-order valence-corrected chi connectivity index (χ2v) is 4.71. The van der Waals surface area contributed by atoms with Crippen molar-refractivity contribution in [2.45, 2.75) is 39.2 Å². The van der Waals surface area contributed by atoms with Crippen molar-refractivity contribution < 1.29 is 0 Å². The number of fused-ring (bicyclic) bond motifs is 1. The predicted molar refractivity (Wildman–Crippen MR) is 66.6 cm³/mol. The third kappa shape index (κ3) is 1.95. The van der Waals surface area contributed by atoms with Gasteiger partial charge in [0.25, 0.3) is 0 Å². The Morgan fingerprint density at radius 2 is 2.06 bits per heavy atom. The molecule has 0 aliphatic carbocycles. The van der Waals surface area contributed by atoms with Gasteiger partial charge < -0.3 is 10.1 Å². The van der Waals surface area contributed by atoms with Crippen LogP contribution in [-0.2, 0) is 6.42 Å². The number of hydrogen-bond donors (Lipinski definition) is 1.